The molecule has 6 rings (SSSR count). The van der Waals surface area contributed by atoms with E-state index in [1.54, 1.807) is 0 Å². The Labute approximate surface area is 248 Å². The third kappa shape index (κ3) is 5.09. The number of para-hydroxylation sites is 1. The van der Waals surface area contributed by atoms with Gasteiger partial charge in [-0.1, -0.05) is 60.7 Å². The van der Waals surface area contributed by atoms with Crippen LogP contribution in [0.3, 0.4) is 0 Å². The van der Waals surface area contributed by atoms with Crippen molar-refractivity contribution in [1.29, 1.82) is 0 Å². The minimum atomic E-state index is 0.897. The molecule has 1 aromatic carbocycles. The standard InChI is InChI=1S/C38H38N4/c1-5-7-24-39-37-26-34-28(4)13-10-19-36(34)41(37)30(6-2)22-20-27(3)29-14-11-15-31(23-21-29)42-35-18-9-8-16-32(35)33-17-12-25-40-38(33)42/h5-9,12,14-20,22,24-26H,2,10-11,13,21,23H2,1,3-4H3/b7-5-,27-20+,30-22+,39-24-. The molecule has 0 saturated heterocycles. The Morgan fingerprint density at radius 2 is 1.86 bits per heavy atom. The van der Waals surface area contributed by atoms with Gasteiger partial charge in [-0.2, -0.15) is 0 Å². The van der Waals surface area contributed by atoms with Gasteiger partial charge in [0.15, 0.2) is 0 Å². The Balaban J connectivity index is 1.30. The molecule has 0 radical (unpaired) electrons. The van der Waals surface area contributed by atoms with Crippen LogP contribution >= 0.6 is 0 Å². The van der Waals surface area contributed by atoms with Gasteiger partial charge in [0.05, 0.1) is 10.9 Å². The topological polar surface area (TPSA) is 35.1 Å². The molecule has 2 aliphatic carbocycles. The molecule has 0 fully saturated rings. The summed E-state index contributed by atoms with van der Waals surface area (Å²) in [5.74, 6) is 0.926. The number of benzene rings is 1. The lowest BCUT2D eigenvalue weighted by atomic mass is 10.0. The fraction of sp³-hybridized carbons (Fsp3) is 0.211. The Hall–Kier alpha value is -4.70. The minimum absolute atomic E-state index is 0.897. The first-order valence-corrected chi connectivity index (χ1v) is 14.9. The highest BCUT2D eigenvalue weighted by Gasteiger charge is 2.16. The van der Waals surface area contributed by atoms with Crippen LogP contribution in [0.15, 0.2) is 114 Å². The number of aromatic nitrogens is 3. The van der Waals surface area contributed by atoms with Gasteiger partial charge in [-0.3, -0.25) is 9.13 Å². The Bertz CT molecular complexity index is 1940. The average Bonchev–Trinajstić information content (AvgIpc) is 3.44. The first kappa shape index (κ1) is 27.5. The number of hydrogen-bond donors (Lipinski definition) is 0. The second-order valence-corrected chi connectivity index (χ2v) is 11.0. The molecule has 0 N–H and O–H groups in total. The van der Waals surface area contributed by atoms with Gasteiger partial charge in [-0.05, 0) is 107 Å². The van der Waals surface area contributed by atoms with Crippen LogP contribution in [-0.4, -0.2) is 20.3 Å². The van der Waals surface area contributed by atoms with Crippen LogP contribution in [0, 0.1) is 0 Å². The van der Waals surface area contributed by atoms with Crippen molar-refractivity contribution in [2.24, 2.45) is 4.99 Å². The van der Waals surface area contributed by atoms with Crippen molar-refractivity contribution in [3.05, 3.63) is 119 Å². The maximum absolute atomic E-state index is 4.79. The first-order valence-electron chi connectivity index (χ1n) is 14.9. The predicted octanol–water partition coefficient (Wildman–Crippen LogP) is 8.64. The largest absolute Gasteiger partial charge is 0.298 e. The third-order valence-corrected chi connectivity index (χ3v) is 8.39. The highest BCUT2D eigenvalue weighted by Crippen LogP contribution is 2.34. The second kappa shape index (κ2) is 12.0. The Kier molecular flexibility index (Phi) is 7.87. The summed E-state index contributed by atoms with van der Waals surface area (Å²) in [6.45, 7) is 10.6. The highest BCUT2D eigenvalue weighted by atomic mass is 15.1. The number of allylic oxidation sites excluding steroid dienone is 11. The summed E-state index contributed by atoms with van der Waals surface area (Å²) < 4.78 is 4.60. The number of fused-ring (bicyclic) bond motifs is 4. The van der Waals surface area contributed by atoms with E-state index in [4.69, 9.17) is 9.98 Å². The maximum Gasteiger partial charge on any atom is 0.145 e. The summed E-state index contributed by atoms with van der Waals surface area (Å²) in [5, 5.41) is 4.96. The summed E-state index contributed by atoms with van der Waals surface area (Å²) in [6, 6.07) is 15.0. The molecule has 0 bridgehead atoms. The van der Waals surface area contributed by atoms with Crippen LogP contribution in [-0.2, 0) is 0 Å². The van der Waals surface area contributed by atoms with Crippen molar-refractivity contribution < 1.29 is 0 Å². The highest BCUT2D eigenvalue weighted by molar-refractivity contribution is 6.08. The molecule has 0 spiro atoms. The molecule has 3 heterocycles. The lowest BCUT2D eigenvalue weighted by Gasteiger charge is -2.12. The SMILES string of the molecule is C=C/C(=C\C=C(/C)C1=CCC=C(n2c3ccccc3c3cccnc32)CC1)n1c(/N=C\C=C/C)cc2c1=CCCC=2C. The van der Waals surface area contributed by atoms with Gasteiger partial charge in [0.1, 0.15) is 11.5 Å². The van der Waals surface area contributed by atoms with E-state index in [2.05, 4.69) is 96.3 Å². The zero-order chi connectivity index (χ0) is 29.1. The Morgan fingerprint density at radius 1 is 1.00 bits per heavy atom. The zero-order valence-corrected chi connectivity index (χ0v) is 24.8. The number of nitrogens with zero attached hydrogens (tertiary/aromatic N) is 4. The average molecular weight is 551 g/mol. The normalized spacial score (nSPS) is 16.6. The van der Waals surface area contributed by atoms with Crippen molar-refractivity contribution >= 4 is 57.0 Å². The van der Waals surface area contributed by atoms with E-state index in [1.807, 2.05) is 43.6 Å². The number of rotatable bonds is 7. The van der Waals surface area contributed by atoms with Gasteiger partial charge in [0.2, 0.25) is 0 Å². The lowest BCUT2D eigenvalue weighted by Crippen LogP contribution is -2.31. The minimum Gasteiger partial charge on any atom is -0.298 e. The van der Waals surface area contributed by atoms with E-state index in [1.165, 1.54) is 49.3 Å². The van der Waals surface area contributed by atoms with Crippen LogP contribution < -0.4 is 10.6 Å². The Morgan fingerprint density at radius 3 is 2.71 bits per heavy atom. The van der Waals surface area contributed by atoms with E-state index in [0.29, 0.717) is 0 Å². The van der Waals surface area contributed by atoms with Gasteiger partial charge in [-0.25, -0.2) is 9.98 Å². The fourth-order valence-corrected chi connectivity index (χ4v) is 6.19. The number of hydrogen-bond acceptors (Lipinski definition) is 2. The molecule has 4 heteroatoms. The quantitative estimate of drug-likeness (QED) is 0.168. The van der Waals surface area contributed by atoms with E-state index in [9.17, 15) is 0 Å². The fourth-order valence-electron chi connectivity index (χ4n) is 6.19. The van der Waals surface area contributed by atoms with Crippen molar-refractivity contribution in [2.45, 2.75) is 52.9 Å². The predicted molar refractivity (Wildman–Crippen MR) is 181 cm³/mol. The second-order valence-electron chi connectivity index (χ2n) is 11.0. The molecule has 2 aliphatic rings. The van der Waals surface area contributed by atoms with E-state index >= 15 is 0 Å². The monoisotopic (exact) mass is 550 g/mol. The van der Waals surface area contributed by atoms with Gasteiger partial charge in [0.25, 0.3) is 0 Å². The van der Waals surface area contributed by atoms with Gasteiger partial charge in [-0.15, -0.1) is 0 Å². The van der Waals surface area contributed by atoms with Crippen LogP contribution in [0.25, 0.3) is 45.0 Å². The molecular formula is C38H38N4. The smallest absolute Gasteiger partial charge is 0.145 e. The first-order chi connectivity index (χ1) is 20.6. The van der Waals surface area contributed by atoms with Crippen LogP contribution in [0.1, 0.15) is 52.9 Å². The van der Waals surface area contributed by atoms with Crippen LogP contribution in [0.5, 0.6) is 0 Å². The lowest BCUT2D eigenvalue weighted by molar-refractivity contribution is 0.950. The summed E-state index contributed by atoms with van der Waals surface area (Å²) in [6.07, 6.45) is 26.1. The molecule has 4 nitrogen and oxygen atoms in total. The zero-order valence-electron chi connectivity index (χ0n) is 24.8. The maximum atomic E-state index is 4.79. The summed E-state index contributed by atoms with van der Waals surface area (Å²) >= 11 is 0. The molecule has 3 aromatic heterocycles. The van der Waals surface area contributed by atoms with Crippen molar-refractivity contribution in [3.63, 3.8) is 0 Å². The molecule has 0 unspecified atom stereocenters. The van der Waals surface area contributed by atoms with E-state index in [0.717, 1.165) is 49.3 Å². The molecule has 0 atom stereocenters. The molecule has 4 aromatic rings. The molecular weight excluding hydrogens is 512 g/mol. The van der Waals surface area contributed by atoms with Crippen molar-refractivity contribution in [3.8, 4) is 0 Å². The molecule has 0 aliphatic heterocycles. The van der Waals surface area contributed by atoms with Crippen molar-refractivity contribution in [1.82, 2.24) is 14.1 Å². The van der Waals surface area contributed by atoms with Crippen LogP contribution in [0.4, 0.5) is 5.82 Å². The molecule has 210 valence electrons. The number of pyridine rings is 1. The number of aliphatic imine (C=N–C) groups is 1. The van der Waals surface area contributed by atoms with E-state index in [-0.39, 0.29) is 0 Å². The van der Waals surface area contributed by atoms with E-state index < -0.39 is 0 Å². The molecule has 42 heavy (non-hydrogen) atoms. The molecule has 0 amide bonds. The van der Waals surface area contributed by atoms with Gasteiger partial charge < -0.3 is 0 Å². The van der Waals surface area contributed by atoms with Gasteiger partial charge >= 0.3 is 0 Å². The third-order valence-electron chi connectivity index (χ3n) is 8.39. The van der Waals surface area contributed by atoms with Crippen LogP contribution in [0.2, 0.25) is 0 Å². The van der Waals surface area contributed by atoms with Gasteiger partial charge in [0, 0.05) is 39.8 Å². The summed E-state index contributed by atoms with van der Waals surface area (Å²) in [4.78, 5) is 9.58. The van der Waals surface area contributed by atoms with Crippen molar-refractivity contribution in [2.75, 3.05) is 0 Å². The summed E-state index contributed by atoms with van der Waals surface area (Å²) in [7, 11) is 0. The molecule has 0 saturated carbocycles. The summed E-state index contributed by atoms with van der Waals surface area (Å²) in [5.41, 5.74) is 8.66.